The van der Waals surface area contributed by atoms with Crippen LogP contribution in [0.4, 0.5) is 0 Å². The summed E-state index contributed by atoms with van der Waals surface area (Å²) in [5.74, 6) is -0.0185. The molecule has 6 heteroatoms. The van der Waals surface area contributed by atoms with Crippen molar-refractivity contribution in [2.45, 2.75) is 13.0 Å². The Morgan fingerprint density at radius 3 is 3.08 bits per heavy atom. The number of halogens is 1. The molecule has 1 aliphatic rings. The molecule has 1 atom stereocenters. The average molecular weight is 311 g/mol. The topological polar surface area (TPSA) is 46.9 Å². The van der Waals surface area contributed by atoms with Crippen LogP contribution in [0, 0.1) is 3.57 Å². The van der Waals surface area contributed by atoms with Gasteiger partial charge in [-0.15, -0.1) is 0 Å². The Morgan fingerprint density at radius 1 is 1.77 bits per heavy atom. The van der Waals surface area contributed by atoms with Gasteiger partial charge in [-0.1, -0.05) is 0 Å². The van der Waals surface area contributed by atoms with Crippen LogP contribution >= 0.6 is 36.1 Å². The first-order valence-electron chi connectivity index (χ1n) is 3.71. The van der Waals surface area contributed by atoms with Crippen molar-refractivity contribution in [3.8, 4) is 0 Å². The number of nitrogens with one attached hydrogen (secondary N) is 1. The van der Waals surface area contributed by atoms with Crippen LogP contribution < -0.4 is 5.32 Å². The molecule has 4 nitrogen and oxygen atoms in total. The summed E-state index contributed by atoms with van der Waals surface area (Å²) in [6.45, 7) is 2.70. The monoisotopic (exact) mass is 311 g/mol. The summed E-state index contributed by atoms with van der Waals surface area (Å²) in [7, 11) is 0. The van der Waals surface area contributed by atoms with E-state index in [1.807, 2.05) is 6.92 Å². The Labute approximate surface area is 96.7 Å². The molecule has 0 radical (unpaired) electrons. The highest BCUT2D eigenvalue weighted by molar-refractivity contribution is 14.1. The van der Waals surface area contributed by atoms with E-state index in [2.05, 4.69) is 33.0 Å². The number of rotatable bonds is 0. The molecule has 2 rings (SSSR count). The maximum Gasteiger partial charge on any atom is 0.270 e. The summed E-state index contributed by atoms with van der Waals surface area (Å²) in [6.07, 6.45) is 1.72. The Bertz CT molecular complexity index is 338. The highest BCUT2D eigenvalue weighted by Gasteiger charge is 2.24. The first-order valence-corrected chi connectivity index (χ1v) is 4.79. The van der Waals surface area contributed by atoms with E-state index in [9.17, 15) is 4.79 Å². The molecule has 1 aromatic heterocycles. The van der Waals surface area contributed by atoms with Gasteiger partial charge in [0.1, 0.15) is 5.69 Å². The SMILES string of the molecule is C[C@H]1CNC(=O)c2c(I)cnn21.S. The quantitative estimate of drug-likeness (QED) is 0.724. The van der Waals surface area contributed by atoms with Gasteiger partial charge in [0, 0.05) is 6.54 Å². The minimum Gasteiger partial charge on any atom is -0.349 e. The lowest BCUT2D eigenvalue weighted by Gasteiger charge is -2.21. The fourth-order valence-corrected chi connectivity index (χ4v) is 1.92. The van der Waals surface area contributed by atoms with Gasteiger partial charge in [0.2, 0.25) is 0 Å². The minimum atomic E-state index is -0.0185. The molecule has 0 bridgehead atoms. The van der Waals surface area contributed by atoms with E-state index in [4.69, 9.17) is 0 Å². The van der Waals surface area contributed by atoms with Gasteiger partial charge in [-0.3, -0.25) is 9.48 Å². The predicted molar refractivity (Wildman–Crippen MR) is 62.4 cm³/mol. The molecule has 1 aliphatic heterocycles. The Balaban J connectivity index is 0.000000845. The molecule has 0 saturated heterocycles. The van der Waals surface area contributed by atoms with Crippen molar-refractivity contribution >= 4 is 42.0 Å². The fraction of sp³-hybridized carbons (Fsp3) is 0.429. The third kappa shape index (κ3) is 1.69. The predicted octanol–water partition coefficient (Wildman–Crippen LogP) is 0.905. The fourth-order valence-electron chi connectivity index (χ4n) is 1.30. The first kappa shape index (κ1) is 10.8. The lowest BCUT2D eigenvalue weighted by molar-refractivity contribution is 0.0911. The standard InChI is InChI=1S/C7H8IN3O.H2S/c1-4-2-9-7(12)6-5(8)3-10-11(4)6;/h3-4H,2H2,1H3,(H,9,12);1H2/t4-;/m0./s1. The molecule has 0 aromatic carbocycles. The van der Waals surface area contributed by atoms with Crippen LogP contribution in [0.25, 0.3) is 0 Å². The van der Waals surface area contributed by atoms with E-state index in [1.54, 1.807) is 10.9 Å². The third-order valence-electron chi connectivity index (χ3n) is 1.94. The molecule has 2 heterocycles. The van der Waals surface area contributed by atoms with E-state index in [1.165, 1.54) is 0 Å². The van der Waals surface area contributed by atoms with Crippen LogP contribution in [0.1, 0.15) is 23.5 Å². The van der Waals surface area contributed by atoms with E-state index in [0.29, 0.717) is 12.2 Å². The number of hydrogen-bond acceptors (Lipinski definition) is 2. The molecule has 0 unspecified atom stereocenters. The van der Waals surface area contributed by atoms with Gasteiger partial charge >= 0.3 is 0 Å². The summed E-state index contributed by atoms with van der Waals surface area (Å²) < 4.78 is 2.69. The van der Waals surface area contributed by atoms with Crippen LogP contribution in [-0.2, 0) is 0 Å². The summed E-state index contributed by atoms with van der Waals surface area (Å²) >= 11 is 2.12. The average Bonchev–Trinajstić information content (AvgIpc) is 2.42. The molecule has 0 spiro atoms. The molecule has 1 N–H and O–H groups in total. The molecule has 1 amide bonds. The lowest BCUT2D eigenvalue weighted by atomic mass is 10.2. The van der Waals surface area contributed by atoms with E-state index in [-0.39, 0.29) is 25.4 Å². The highest BCUT2D eigenvalue weighted by Crippen LogP contribution is 2.18. The second kappa shape index (κ2) is 3.87. The summed E-state index contributed by atoms with van der Waals surface area (Å²) in [6, 6.07) is 0.265. The van der Waals surface area contributed by atoms with Crippen molar-refractivity contribution < 1.29 is 4.79 Å². The number of nitrogens with zero attached hydrogens (tertiary/aromatic N) is 2. The van der Waals surface area contributed by atoms with E-state index in [0.717, 1.165) is 3.57 Å². The smallest absolute Gasteiger partial charge is 0.270 e. The van der Waals surface area contributed by atoms with Crippen LogP contribution in [0.15, 0.2) is 6.20 Å². The zero-order chi connectivity index (χ0) is 8.72. The molecule has 72 valence electrons. The number of carbonyl (C=O) groups excluding carboxylic acids is 1. The molecular weight excluding hydrogens is 301 g/mol. The van der Waals surface area contributed by atoms with Crippen molar-refractivity contribution in [2.75, 3.05) is 6.54 Å². The minimum absolute atomic E-state index is 0. The van der Waals surface area contributed by atoms with Crippen molar-refractivity contribution in [1.29, 1.82) is 0 Å². The highest BCUT2D eigenvalue weighted by atomic mass is 127. The van der Waals surface area contributed by atoms with Crippen molar-refractivity contribution in [1.82, 2.24) is 15.1 Å². The zero-order valence-electron chi connectivity index (χ0n) is 7.04. The Morgan fingerprint density at radius 2 is 2.46 bits per heavy atom. The maximum absolute atomic E-state index is 11.3. The van der Waals surface area contributed by atoms with Crippen LogP contribution in [-0.4, -0.2) is 22.2 Å². The van der Waals surface area contributed by atoms with Gasteiger partial charge < -0.3 is 5.32 Å². The summed E-state index contributed by atoms with van der Waals surface area (Å²) in [5, 5.41) is 6.95. The van der Waals surface area contributed by atoms with E-state index < -0.39 is 0 Å². The lowest BCUT2D eigenvalue weighted by Crippen LogP contribution is -2.38. The number of aromatic nitrogens is 2. The Kier molecular flexibility index (Phi) is 3.23. The van der Waals surface area contributed by atoms with Gasteiger partial charge in [-0.25, -0.2) is 0 Å². The molecule has 13 heavy (non-hydrogen) atoms. The Hall–Kier alpha value is -0.240. The second-order valence-corrected chi connectivity index (χ2v) is 4.01. The van der Waals surface area contributed by atoms with Crippen LogP contribution in [0.3, 0.4) is 0 Å². The van der Waals surface area contributed by atoms with Gasteiger partial charge in [-0.2, -0.15) is 18.6 Å². The van der Waals surface area contributed by atoms with Crippen molar-refractivity contribution in [3.63, 3.8) is 0 Å². The molecule has 0 fully saturated rings. The number of amides is 1. The third-order valence-corrected chi connectivity index (χ3v) is 2.73. The van der Waals surface area contributed by atoms with Crippen LogP contribution in [0.2, 0.25) is 0 Å². The van der Waals surface area contributed by atoms with Gasteiger partial charge in [0.05, 0.1) is 15.8 Å². The van der Waals surface area contributed by atoms with Gasteiger partial charge in [0.15, 0.2) is 0 Å². The largest absolute Gasteiger partial charge is 0.349 e. The zero-order valence-corrected chi connectivity index (χ0v) is 10.2. The van der Waals surface area contributed by atoms with Gasteiger partial charge in [-0.05, 0) is 29.5 Å². The van der Waals surface area contributed by atoms with Crippen LogP contribution in [0.5, 0.6) is 0 Å². The summed E-state index contributed by atoms with van der Waals surface area (Å²) in [4.78, 5) is 11.3. The molecule has 0 aliphatic carbocycles. The van der Waals surface area contributed by atoms with E-state index >= 15 is 0 Å². The molecular formula is C7H10IN3OS. The number of hydrogen-bond donors (Lipinski definition) is 1. The first-order chi connectivity index (χ1) is 5.70. The van der Waals surface area contributed by atoms with Crippen molar-refractivity contribution in [3.05, 3.63) is 15.5 Å². The van der Waals surface area contributed by atoms with Crippen molar-refractivity contribution in [2.24, 2.45) is 0 Å². The van der Waals surface area contributed by atoms with Gasteiger partial charge in [0.25, 0.3) is 5.91 Å². The number of fused-ring (bicyclic) bond motifs is 1. The molecule has 0 saturated carbocycles. The number of carbonyl (C=O) groups is 1. The second-order valence-electron chi connectivity index (χ2n) is 2.84. The normalized spacial score (nSPS) is 20.2. The summed E-state index contributed by atoms with van der Waals surface area (Å²) in [5.41, 5.74) is 0.689. The maximum atomic E-state index is 11.3. The molecule has 1 aromatic rings.